The molecule has 0 spiro atoms. The van der Waals surface area contributed by atoms with Gasteiger partial charge >= 0.3 is 6.18 Å². The molecule has 28 heavy (non-hydrogen) atoms. The number of nitrogens with zero attached hydrogens (tertiary/aromatic N) is 5. The molecule has 0 aromatic carbocycles. The number of ether oxygens (including phenoxy) is 1. The number of alkyl halides is 4. The standard InChI is InChI=1S/C17H14F5N5O/c1-9(18)14-26-25-13-7-23-12(8-27(13)14)10-5-11(19)15(24-6-10)28-16(3-2-4-16)17(20,21)22/h5-9H,2-4H2,1H3. The minimum atomic E-state index is -4.61. The molecule has 148 valence electrons. The van der Waals surface area contributed by atoms with Gasteiger partial charge < -0.3 is 4.74 Å². The van der Waals surface area contributed by atoms with Crippen molar-refractivity contribution in [2.45, 2.75) is 44.1 Å². The molecule has 1 unspecified atom stereocenters. The lowest BCUT2D eigenvalue weighted by Crippen LogP contribution is -2.55. The summed E-state index contributed by atoms with van der Waals surface area (Å²) >= 11 is 0. The molecular formula is C17H14F5N5O. The molecule has 0 amide bonds. The summed E-state index contributed by atoms with van der Waals surface area (Å²) in [6.45, 7) is 1.29. The maximum atomic E-state index is 14.4. The lowest BCUT2D eigenvalue weighted by Gasteiger charge is -2.42. The van der Waals surface area contributed by atoms with Gasteiger partial charge in [0.05, 0.1) is 11.9 Å². The Morgan fingerprint density at radius 2 is 1.93 bits per heavy atom. The van der Waals surface area contributed by atoms with Crippen LogP contribution in [0.25, 0.3) is 16.9 Å². The fourth-order valence-corrected chi connectivity index (χ4v) is 3.01. The zero-order valence-corrected chi connectivity index (χ0v) is 14.5. The summed E-state index contributed by atoms with van der Waals surface area (Å²) < 4.78 is 73.9. The zero-order chi connectivity index (χ0) is 20.1. The van der Waals surface area contributed by atoms with E-state index in [1.807, 2.05) is 0 Å². The van der Waals surface area contributed by atoms with Gasteiger partial charge in [-0.2, -0.15) is 13.2 Å². The first-order valence-corrected chi connectivity index (χ1v) is 8.47. The third-order valence-electron chi connectivity index (χ3n) is 4.75. The van der Waals surface area contributed by atoms with E-state index in [0.29, 0.717) is 12.1 Å². The Kier molecular flexibility index (Phi) is 4.20. The van der Waals surface area contributed by atoms with Gasteiger partial charge in [-0.3, -0.25) is 9.38 Å². The highest BCUT2D eigenvalue weighted by molar-refractivity contribution is 5.59. The van der Waals surface area contributed by atoms with Crippen molar-refractivity contribution in [3.05, 3.63) is 36.3 Å². The summed E-state index contributed by atoms with van der Waals surface area (Å²) in [6.07, 6.45) is -2.26. The van der Waals surface area contributed by atoms with Gasteiger partial charge in [-0.15, -0.1) is 10.2 Å². The third-order valence-corrected chi connectivity index (χ3v) is 4.75. The molecule has 0 radical (unpaired) electrons. The SMILES string of the molecule is CC(F)c1nnc2cnc(-c3cnc(OC4(C(F)(F)F)CCC4)c(F)c3)cn12. The van der Waals surface area contributed by atoms with Crippen LogP contribution in [0.5, 0.6) is 5.88 Å². The Balaban J connectivity index is 1.66. The van der Waals surface area contributed by atoms with Gasteiger partial charge in [0.2, 0.25) is 5.60 Å². The van der Waals surface area contributed by atoms with Crippen LogP contribution in [0.3, 0.4) is 0 Å². The second-order valence-electron chi connectivity index (χ2n) is 6.63. The molecule has 6 nitrogen and oxygen atoms in total. The van der Waals surface area contributed by atoms with Crippen LogP contribution >= 0.6 is 0 Å². The Hall–Kier alpha value is -2.85. The zero-order valence-electron chi connectivity index (χ0n) is 14.5. The van der Waals surface area contributed by atoms with E-state index in [1.54, 1.807) is 0 Å². The van der Waals surface area contributed by atoms with Crippen molar-refractivity contribution in [1.29, 1.82) is 0 Å². The lowest BCUT2D eigenvalue weighted by atomic mass is 9.79. The van der Waals surface area contributed by atoms with Crippen LogP contribution in [0.1, 0.15) is 38.2 Å². The highest BCUT2D eigenvalue weighted by atomic mass is 19.4. The van der Waals surface area contributed by atoms with Crippen LogP contribution in [0.2, 0.25) is 0 Å². The molecule has 3 aromatic rings. The van der Waals surface area contributed by atoms with E-state index in [2.05, 4.69) is 20.2 Å². The molecule has 4 rings (SSSR count). The molecular weight excluding hydrogens is 385 g/mol. The minimum Gasteiger partial charge on any atom is -0.459 e. The van der Waals surface area contributed by atoms with Crippen molar-refractivity contribution in [3.63, 3.8) is 0 Å². The van der Waals surface area contributed by atoms with Crippen LogP contribution in [-0.2, 0) is 0 Å². The Morgan fingerprint density at radius 3 is 2.50 bits per heavy atom. The van der Waals surface area contributed by atoms with Crippen LogP contribution in [0, 0.1) is 5.82 Å². The average Bonchev–Trinajstić information content (AvgIpc) is 3.01. The predicted molar refractivity (Wildman–Crippen MR) is 86.8 cm³/mol. The number of hydrogen-bond acceptors (Lipinski definition) is 5. The van der Waals surface area contributed by atoms with E-state index in [0.717, 1.165) is 12.3 Å². The van der Waals surface area contributed by atoms with E-state index in [-0.39, 0.29) is 29.9 Å². The third kappa shape index (κ3) is 2.94. The predicted octanol–water partition coefficient (Wildman–Crippen LogP) is 4.22. The first-order chi connectivity index (χ1) is 13.2. The van der Waals surface area contributed by atoms with Gasteiger partial charge in [0, 0.05) is 18.0 Å². The van der Waals surface area contributed by atoms with Gasteiger partial charge in [0.15, 0.2) is 23.5 Å². The van der Waals surface area contributed by atoms with Gasteiger partial charge in [-0.05, 0) is 32.3 Å². The molecule has 0 N–H and O–H groups in total. The van der Waals surface area contributed by atoms with Gasteiger partial charge in [0.25, 0.3) is 5.88 Å². The van der Waals surface area contributed by atoms with Gasteiger partial charge in [0.1, 0.15) is 0 Å². The molecule has 1 aliphatic rings. The van der Waals surface area contributed by atoms with E-state index in [9.17, 15) is 22.0 Å². The second kappa shape index (κ2) is 6.35. The Bertz CT molecular complexity index is 1030. The second-order valence-corrected chi connectivity index (χ2v) is 6.63. The first kappa shape index (κ1) is 18.5. The largest absolute Gasteiger partial charge is 0.459 e. The van der Waals surface area contributed by atoms with Crippen LogP contribution in [0.4, 0.5) is 22.0 Å². The highest BCUT2D eigenvalue weighted by Crippen LogP contribution is 2.48. The fourth-order valence-electron chi connectivity index (χ4n) is 3.01. The summed E-state index contributed by atoms with van der Waals surface area (Å²) in [5.74, 6) is -1.72. The molecule has 0 aliphatic heterocycles. The van der Waals surface area contributed by atoms with Crippen molar-refractivity contribution in [2.75, 3.05) is 0 Å². The monoisotopic (exact) mass is 399 g/mol. The molecule has 1 saturated carbocycles. The number of aromatic nitrogens is 5. The highest BCUT2D eigenvalue weighted by Gasteiger charge is 2.61. The molecule has 1 fully saturated rings. The van der Waals surface area contributed by atoms with Crippen LogP contribution in [0.15, 0.2) is 24.7 Å². The summed E-state index contributed by atoms with van der Waals surface area (Å²) in [5.41, 5.74) is -1.68. The Labute approximate surface area is 155 Å². The lowest BCUT2D eigenvalue weighted by molar-refractivity contribution is -0.275. The van der Waals surface area contributed by atoms with Gasteiger partial charge in [-0.1, -0.05) is 0 Å². The molecule has 1 aliphatic carbocycles. The first-order valence-electron chi connectivity index (χ1n) is 8.47. The van der Waals surface area contributed by atoms with Crippen LogP contribution in [-0.4, -0.2) is 36.3 Å². The minimum absolute atomic E-state index is 0.0455. The summed E-state index contributed by atoms with van der Waals surface area (Å²) in [7, 11) is 0. The van der Waals surface area contributed by atoms with Crippen molar-refractivity contribution in [3.8, 4) is 17.1 Å². The number of pyridine rings is 1. The summed E-state index contributed by atoms with van der Waals surface area (Å²) in [6, 6.07) is 0.974. The van der Waals surface area contributed by atoms with Crippen molar-refractivity contribution in [2.24, 2.45) is 0 Å². The molecule has 0 bridgehead atoms. The Morgan fingerprint density at radius 1 is 1.18 bits per heavy atom. The van der Waals surface area contributed by atoms with Crippen molar-refractivity contribution < 1.29 is 26.7 Å². The number of rotatable bonds is 4. The smallest absolute Gasteiger partial charge is 0.428 e. The number of fused-ring (bicyclic) bond motifs is 1. The van der Waals surface area contributed by atoms with Crippen molar-refractivity contribution >= 4 is 5.65 Å². The van der Waals surface area contributed by atoms with Crippen LogP contribution < -0.4 is 4.74 Å². The molecule has 1 atom stereocenters. The summed E-state index contributed by atoms with van der Waals surface area (Å²) in [4.78, 5) is 7.80. The molecule has 11 heteroatoms. The topological polar surface area (TPSA) is 65.2 Å². The normalized spacial score (nSPS) is 17.4. The van der Waals surface area contributed by atoms with Gasteiger partial charge in [-0.25, -0.2) is 13.8 Å². The van der Waals surface area contributed by atoms with E-state index < -0.39 is 29.6 Å². The molecule has 0 saturated heterocycles. The molecule has 3 aromatic heterocycles. The van der Waals surface area contributed by atoms with E-state index >= 15 is 0 Å². The maximum Gasteiger partial charge on any atom is 0.428 e. The number of hydrogen-bond donors (Lipinski definition) is 0. The maximum absolute atomic E-state index is 14.4. The van der Waals surface area contributed by atoms with E-state index in [1.165, 1.54) is 23.7 Å². The fraction of sp³-hybridized carbons (Fsp3) is 0.412. The van der Waals surface area contributed by atoms with E-state index in [4.69, 9.17) is 4.74 Å². The summed E-state index contributed by atoms with van der Waals surface area (Å²) in [5, 5.41) is 7.50. The quantitative estimate of drug-likeness (QED) is 0.615. The average molecular weight is 399 g/mol. The number of halogens is 5. The van der Waals surface area contributed by atoms with Crippen molar-refractivity contribution in [1.82, 2.24) is 24.6 Å². The molecule has 3 heterocycles.